The van der Waals surface area contributed by atoms with Gasteiger partial charge in [0.1, 0.15) is 0 Å². The van der Waals surface area contributed by atoms with Crippen LogP contribution < -0.4 is 5.73 Å². The first kappa shape index (κ1) is 12.3. The van der Waals surface area contributed by atoms with Gasteiger partial charge in [0.15, 0.2) is 0 Å². The molecule has 2 aliphatic rings. The number of hydrogen-bond donors (Lipinski definition) is 1. The third-order valence-corrected chi connectivity index (χ3v) is 4.20. The van der Waals surface area contributed by atoms with Gasteiger partial charge in [0.05, 0.1) is 0 Å². The second-order valence-electron chi connectivity index (χ2n) is 5.66. The predicted octanol–water partition coefficient (Wildman–Crippen LogP) is 1.14. The maximum Gasteiger partial charge on any atom is 0.0110 e. The van der Waals surface area contributed by atoms with E-state index in [9.17, 15) is 0 Å². The van der Waals surface area contributed by atoms with Crippen LogP contribution in [0.5, 0.6) is 0 Å². The highest BCUT2D eigenvalue weighted by atomic mass is 15.3. The molecule has 0 atom stereocenters. The van der Waals surface area contributed by atoms with Crippen LogP contribution in [-0.4, -0.2) is 55.6 Å². The Bertz CT molecular complexity index is 205. The maximum atomic E-state index is 5.69. The van der Waals surface area contributed by atoms with Crippen LogP contribution in [0.15, 0.2) is 0 Å². The molecule has 3 heteroatoms. The fourth-order valence-electron chi connectivity index (χ4n) is 2.93. The summed E-state index contributed by atoms with van der Waals surface area (Å²) in [5.41, 5.74) is 6.32. The van der Waals surface area contributed by atoms with Gasteiger partial charge in [-0.05, 0) is 44.2 Å². The Kier molecular flexibility index (Phi) is 4.22. The predicted molar refractivity (Wildman–Crippen MR) is 68.5 cm³/mol. The molecular weight excluding hydrogens is 198 g/mol. The molecule has 1 saturated heterocycles. The number of rotatable bonds is 6. The lowest BCUT2D eigenvalue weighted by atomic mass is 10.0. The average molecular weight is 225 g/mol. The van der Waals surface area contributed by atoms with Gasteiger partial charge >= 0.3 is 0 Å². The van der Waals surface area contributed by atoms with Crippen molar-refractivity contribution in [2.24, 2.45) is 11.1 Å². The average Bonchev–Trinajstić information content (AvgIpc) is 3.02. The maximum absolute atomic E-state index is 5.69. The highest BCUT2D eigenvalue weighted by molar-refractivity contribution is 4.96. The van der Waals surface area contributed by atoms with Gasteiger partial charge in [-0.3, -0.25) is 0 Å². The van der Waals surface area contributed by atoms with Crippen LogP contribution in [0, 0.1) is 5.41 Å². The minimum absolute atomic E-state index is 0.627. The van der Waals surface area contributed by atoms with Crippen LogP contribution >= 0.6 is 0 Å². The van der Waals surface area contributed by atoms with E-state index in [2.05, 4.69) is 16.7 Å². The fourth-order valence-corrected chi connectivity index (χ4v) is 2.93. The summed E-state index contributed by atoms with van der Waals surface area (Å²) in [7, 11) is 0. The normalized spacial score (nSPS) is 25.9. The van der Waals surface area contributed by atoms with E-state index >= 15 is 0 Å². The van der Waals surface area contributed by atoms with Crippen molar-refractivity contribution in [1.29, 1.82) is 0 Å². The van der Waals surface area contributed by atoms with Crippen molar-refractivity contribution in [3.8, 4) is 0 Å². The van der Waals surface area contributed by atoms with E-state index in [1.807, 2.05) is 0 Å². The van der Waals surface area contributed by atoms with Crippen molar-refractivity contribution in [2.45, 2.75) is 32.6 Å². The first-order valence-electron chi connectivity index (χ1n) is 6.93. The van der Waals surface area contributed by atoms with E-state index in [0.717, 1.165) is 6.54 Å². The first-order valence-corrected chi connectivity index (χ1v) is 6.93. The molecule has 1 aliphatic heterocycles. The van der Waals surface area contributed by atoms with Crippen molar-refractivity contribution in [1.82, 2.24) is 9.80 Å². The minimum Gasteiger partial charge on any atom is -0.330 e. The topological polar surface area (TPSA) is 32.5 Å². The molecule has 94 valence electrons. The highest BCUT2D eigenvalue weighted by Gasteiger charge is 2.42. The molecular formula is C13H27N3. The van der Waals surface area contributed by atoms with E-state index in [4.69, 9.17) is 5.73 Å². The monoisotopic (exact) mass is 225 g/mol. The summed E-state index contributed by atoms with van der Waals surface area (Å²) >= 11 is 0. The lowest BCUT2D eigenvalue weighted by Gasteiger charge is -2.36. The molecule has 2 fully saturated rings. The molecule has 0 radical (unpaired) electrons. The van der Waals surface area contributed by atoms with Gasteiger partial charge in [0.25, 0.3) is 0 Å². The zero-order chi connectivity index (χ0) is 11.4. The van der Waals surface area contributed by atoms with Gasteiger partial charge in [-0.2, -0.15) is 0 Å². The van der Waals surface area contributed by atoms with Crippen molar-refractivity contribution in [3.63, 3.8) is 0 Å². The van der Waals surface area contributed by atoms with Crippen molar-refractivity contribution in [2.75, 3.05) is 45.8 Å². The molecule has 1 aliphatic carbocycles. The van der Waals surface area contributed by atoms with Crippen molar-refractivity contribution < 1.29 is 0 Å². The van der Waals surface area contributed by atoms with Crippen LogP contribution in [0.2, 0.25) is 0 Å². The van der Waals surface area contributed by atoms with Crippen LogP contribution in [0.25, 0.3) is 0 Å². The first-order chi connectivity index (χ1) is 7.78. The largest absolute Gasteiger partial charge is 0.330 e. The number of hydrogen-bond acceptors (Lipinski definition) is 3. The summed E-state index contributed by atoms with van der Waals surface area (Å²) in [6.45, 7) is 10.8. The summed E-state index contributed by atoms with van der Waals surface area (Å²) in [5, 5.41) is 0. The Morgan fingerprint density at radius 3 is 2.19 bits per heavy atom. The molecule has 0 aromatic carbocycles. The van der Waals surface area contributed by atoms with Crippen LogP contribution in [-0.2, 0) is 0 Å². The zero-order valence-electron chi connectivity index (χ0n) is 10.7. The van der Waals surface area contributed by atoms with Crippen LogP contribution in [0.4, 0.5) is 0 Å². The van der Waals surface area contributed by atoms with Gasteiger partial charge in [0.2, 0.25) is 0 Å². The fraction of sp³-hybridized carbons (Fsp3) is 1.00. The van der Waals surface area contributed by atoms with Crippen molar-refractivity contribution in [3.05, 3.63) is 0 Å². The standard InChI is InChI=1S/C13H27N3/c1-2-7-15-8-10-16(11-9-15)12-13(3-4-13)5-6-14/h2-12,14H2,1H3. The lowest BCUT2D eigenvalue weighted by molar-refractivity contribution is 0.112. The second-order valence-corrected chi connectivity index (χ2v) is 5.66. The number of nitrogens with zero attached hydrogens (tertiary/aromatic N) is 2. The van der Waals surface area contributed by atoms with Crippen molar-refractivity contribution >= 4 is 0 Å². The molecule has 2 rings (SSSR count). The molecule has 16 heavy (non-hydrogen) atoms. The molecule has 1 saturated carbocycles. The Hall–Kier alpha value is -0.120. The SMILES string of the molecule is CCCN1CCN(CC2(CCN)CC2)CC1. The molecule has 0 aromatic heterocycles. The summed E-state index contributed by atoms with van der Waals surface area (Å²) in [6, 6.07) is 0. The third-order valence-electron chi connectivity index (χ3n) is 4.20. The Labute approximate surface area is 100.0 Å². The number of piperazine rings is 1. The molecule has 1 heterocycles. The van der Waals surface area contributed by atoms with Crippen LogP contribution in [0.3, 0.4) is 0 Å². The quantitative estimate of drug-likeness (QED) is 0.736. The highest BCUT2D eigenvalue weighted by Crippen LogP contribution is 2.49. The zero-order valence-corrected chi connectivity index (χ0v) is 10.7. The summed E-state index contributed by atoms with van der Waals surface area (Å²) in [4.78, 5) is 5.26. The van der Waals surface area contributed by atoms with E-state index in [1.165, 1.54) is 65.0 Å². The minimum atomic E-state index is 0.627. The molecule has 0 unspecified atom stereocenters. The summed E-state index contributed by atoms with van der Waals surface area (Å²) in [6.07, 6.45) is 5.36. The Morgan fingerprint density at radius 2 is 1.69 bits per heavy atom. The van der Waals surface area contributed by atoms with E-state index in [1.54, 1.807) is 0 Å². The molecule has 0 amide bonds. The molecule has 3 nitrogen and oxygen atoms in total. The number of nitrogens with two attached hydrogens (primary N) is 1. The van der Waals surface area contributed by atoms with E-state index < -0.39 is 0 Å². The summed E-state index contributed by atoms with van der Waals surface area (Å²) < 4.78 is 0. The molecule has 0 spiro atoms. The molecule has 2 N–H and O–H groups in total. The lowest BCUT2D eigenvalue weighted by Crippen LogP contribution is -2.48. The Balaban J connectivity index is 1.69. The van der Waals surface area contributed by atoms with Crippen LogP contribution in [0.1, 0.15) is 32.6 Å². The Morgan fingerprint density at radius 1 is 1.06 bits per heavy atom. The second kappa shape index (κ2) is 5.48. The van der Waals surface area contributed by atoms with Gasteiger partial charge in [-0.15, -0.1) is 0 Å². The van der Waals surface area contributed by atoms with E-state index in [0.29, 0.717) is 5.41 Å². The smallest absolute Gasteiger partial charge is 0.0110 e. The molecule has 0 bridgehead atoms. The van der Waals surface area contributed by atoms with Gasteiger partial charge < -0.3 is 15.5 Å². The van der Waals surface area contributed by atoms with E-state index in [-0.39, 0.29) is 0 Å². The van der Waals surface area contributed by atoms with Gasteiger partial charge in [-0.1, -0.05) is 6.92 Å². The summed E-state index contributed by atoms with van der Waals surface area (Å²) in [5.74, 6) is 0. The van der Waals surface area contributed by atoms with Gasteiger partial charge in [-0.25, -0.2) is 0 Å². The van der Waals surface area contributed by atoms with Gasteiger partial charge in [0, 0.05) is 32.7 Å². The third kappa shape index (κ3) is 3.19. The molecule has 0 aromatic rings.